The van der Waals surface area contributed by atoms with Gasteiger partial charge in [0.2, 0.25) is 0 Å². The van der Waals surface area contributed by atoms with Gasteiger partial charge in [0, 0.05) is 8.95 Å². The zero-order chi connectivity index (χ0) is 14.9. The van der Waals surface area contributed by atoms with E-state index in [0.29, 0.717) is 10.2 Å². The van der Waals surface area contributed by atoms with Crippen LogP contribution in [0.3, 0.4) is 0 Å². The van der Waals surface area contributed by atoms with Crippen LogP contribution in [0.4, 0.5) is 11.4 Å². The summed E-state index contributed by atoms with van der Waals surface area (Å²) >= 11 is 6.58. The minimum absolute atomic E-state index is 0.0492. The molecular formula is C13H12Br2N2O2S. The van der Waals surface area contributed by atoms with E-state index in [-0.39, 0.29) is 10.6 Å². The highest BCUT2D eigenvalue weighted by molar-refractivity contribution is 9.10. The summed E-state index contributed by atoms with van der Waals surface area (Å²) in [7, 11) is -3.72. The molecule has 0 heterocycles. The Morgan fingerprint density at radius 2 is 1.80 bits per heavy atom. The molecule has 106 valence electrons. The van der Waals surface area contributed by atoms with Crippen LogP contribution in [0.2, 0.25) is 0 Å². The Morgan fingerprint density at radius 1 is 1.10 bits per heavy atom. The van der Waals surface area contributed by atoms with Gasteiger partial charge in [-0.1, -0.05) is 22.0 Å². The highest BCUT2D eigenvalue weighted by Crippen LogP contribution is 2.28. The smallest absolute Gasteiger partial charge is 0.263 e. The molecular weight excluding hydrogens is 408 g/mol. The van der Waals surface area contributed by atoms with Crippen LogP contribution in [0.1, 0.15) is 5.56 Å². The number of nitrogens with two attached hydrogens (primary N) is 1. The van der Waals surface area contributed by atoms with Crippen LogP contribution in [0.25, 0.3) is 0 Å². The Kier molecular flexibility index (Phi) is 4.41. The fourth-order valence-electron chi connectivity index (χ4n) is 1.67. The maximum absolute atomic E-state index is 12.3. The highest BCUT2D eigenvalue weighted by Gasteiger charge is 2.18. The lowest BCUT2D eigenvalue weighted by atomic mass is 10.2. The average Bonchev–Trinajstić information content (AvgIpc) is 2.32. The molecule has 0 radical (unpaired) electrons. The molecule has 0 aliphatic heterocycles. The van der Waals surface area contributed by atoms with Crippen LogP contribution in [0, 0.1) is 6.92 Å². The predicted octanol–water partition coefficient (Wildman–Crippen LogP) is 3.90. The largest absolute Gasteiger partial charge is 0.398 e. The van der Waals surface area contributed by atoms with Crippen molar-refractivity contribution in [2.75, 3.05) is 10.5 Å². The third-order valence-corrected chi connectivity index (χ3v) is 5.22. The first kappa shape index (κ1) is 15.3. The number of hydrogen-bond acceptors (Lipinski definition) is 3. The van der Waals surface area contributed by atoms with Gasteiger partial charge in [-0.2, -0.15) is 0 Å². The molecule has 2 rings (SSSR count). The number of nitrogen functional groups attached to an aromatic ring is 1. The Hall–Kier alpha value is -1.05. The predicted molar refractivity (Wildman–Crippen MR) is 88.2 cm³/mol. The molecule has 0 saturated heterocycles. The number of anilines is 2. The van der Waals surface area contributed by atoms with E-state index < -0.39 is 10.0 Å². The maximum atomic E-state index is 12.3. The topological polar surface area (TPSA) is 72.2 Å². The molecule has 0 aliphatic rings. The number of rotatable bonds is 3. The van der Waals surface area contributed by atoms with E-state index in [1.165, 1.54) is 6.07 Å². The van der Waals surface area contributed by atoms with Gasteiger partial charge in [-0.05, 0) is 58.7 Å². The van der Waals surface area contributed by atoms with Crippen molar-refractivity contribution in [2.24, 2.45) is 0 Å². The third kappa shape index (κ3) is 3.34. The van der Waals surface area contributed by atoms with E-state index in [2.05, 4.69) is 36.6 Å². The number of sulfonamides is 1. The fraction of sp³-hybridized carbons (Fsp3) is 0.0769. The Labute approximate surface area is 134 Å². The van der Waals surface area contributed by atoms with Crippen LogP contribution >= 0.6 is 31.9 Å². The summed E-state index contributed by atoms with van der Waals surface area (Å²) in [5.74, 6) is 0. The lowest BCUT2D eigenvalue weighted by Crippen LogP contribution is -2.15. The first-order valence-corrected chi connectivity index (χ1v) is 8.70. The van der Waals surface area contributed by atoms with Crippen LogP contribution in [0.5, 0.6) is 0 Å². The molecule has 0 amide bonds. The maximum Gasteiger partial charge on any atom is 0.263 e. The number of hydrogen-bond donors (Lipinski definition) is 2. The van der Waals surface area contributed by atoms with Crippen molar-refractivity contribution in [3.8, 4) is 0 Å². The van der Waals surface area contributed by atoms with Gasteiger partial charge in [0.1, 0.15) is 4.90 Å². The van der Waals surface area contributed by atoms with E-state index in [9.17, 15) is 8.42 Å². The average molecular weight is 420 g/mol. The lowest BCUT2D eigenvalue weighted by molar-refractivity contribution is 0.601. The number of benzene rings is 2. The summed E-state index contributed by atoms with van der Waals surface area (Å²) in [5.41, 5.74) is 7.45. The monoisotopic (exact) mass is 418 g/mol. The summed E-state index contributed by atoms with van der Waals surface area (Å²) in [4.78, 5) is 0.0492. The molecule has 0 spiro atoms. The second kappa shape index (κ2) is 5.75. The van der Waals surface area contributed by atoms with Crippen molar-refractivity contribution in [1.29, 1.82) is 0 Å². The van der Waals surface area contributed by atoms with Gasteiger partial charge in [-0.3, -0.25) is 4.72 Å². The molecule has 4 nitrogen and oxygen atoms in total. The second-order valence-electron chi connectivity index (χ2n) is 4.27. The van der Waals surface area contributed by atoms with Gasteiger partial charge in [-0.25, -0.2) is 8.42 Å². The van der Waals surface area contributed by atoms with Crippen molar-refractivity contribution in [3.05, 3.63) is 50.9 Å². The summed E-state index contributed by atoms with van der Waals surface area (Å²) in [6.07, 6.45) is 0. The number of nitrogens with one attached hydrogen (secondary N) is 1. The molecule has 0 aromatic heterocycles. The van der Waals surface area contributed by atoms with E-state index in [4.69, 9.17) is 5.73 Å². The highest BCUT2D eigenvalue weighted by atomic mass is 79.9. The minimum atomic E-state index is -3.72. The zero-order valence-corrected chi connectivity index (χ0v) is 14.5. The van der Waals surface area contributed by atoms with E-state index >= 15 is 0 Å². The summed E-state index contributed by atoms with van der Waals surface area (Å²) in [6.45, 7) is 1.93. The first-order chi connectivity index (χ1) is 9.29. The van der Waals surface area contributed by atoms with Gasteiger partial charge in [0.15, 0.2) is 0 Å². The molecule has 0 unspecified atom stereocenters. The molecule has 3 N–H and O–H groups in total. The first-order valence-electron chi connectivity index (χ1n) is 5.63. The lowest BCUT2D eigenvalue weighted by Gasteiger charge is -2.12. The molecule has 2 aromatic rings. The summed E-state index contributed by atoms with van der Waals surface area (Å²) in [5, 5.41) is 0. The Bertz CT molecular complexity index is 761. The summed E-state index contributed by atoms with van der Waals surface area (Å²) in [6, 6.07) is 10.0. The molecule has 20 heavy (non-hydrogen) atoms. The van der Waals surface area contributed by atoms with Gasteiger partial charge in [0.05, 0.1) is 11.4 Å². The number of aryl methyl sites for hydroxylation is 1. The van der Waals surface area contributed by atoms with Crippen molar-refractivity contribution in [3.63, 3.8) is 0 Å². The van der Waals surface area contributed by atoms with Crippen molar-refractivity contribution in [2.45, 2.75) is 11.8 Å². The molecule has 0 fully saturated rings. The third-order valence-electron chi connectivity index (χ3n) is 2.63. The molecule has 0 saturated carbocycles. The SMILES string of the molecule is Cc1ccc(NS(=O)(=O)c2ccc(Br)cc2N)c(Br)c1. The standard InChI is InChI=1S/C13H12Br2N2O2S/c1-8-2-4-12(10(15)6-8)17-20(18,19)13-5-3-9(14)7-11(13)16/h2-7,17H,16H2,1H3. The van der Waals surface area contributed by atoms with Crippen LogP contribution in [0.15, 0.2) is 50.2 Å². The van der Waals surface area contributed by atoms with Crippen LogP contribution < -0.4 is 10.5 Å². The summed E-state index contributed by atoms with van der Waals surface area (Å²) < 4.78 is 28.6. The van der Waals surface area contributed by atoms with E-state index in [1.807, 2.05) is 19.1 Å². The second-order valence-corrected chi connectivity index (χ2v) is 7.69. The molecule has 2 aromatic carbocycles. The molecule has 0 atom stereocenters. The van der Waals surface area contributed by atoms with Gasteiger partial charge < -0.3 is 5.73 Å². The number of halogens is 2. The van der Waals surface area contributed by atoms with Gasteiger partial charge >= 0.3 is 0 Å². The fourth-order valence-corrected chi connectivity index (χ4v) is 3.96. The quantitative estimate of drug-likeness (QED) is 0.741. The molecule has 0 bridgehead atoms. The van der Waals surface area contributed by atoms with E-state index in [1.54, 1.807) is 18.2 Å². The van der Waals surface area contributed by atoms with Crippen LogP contribution in [-0.4, -0.2) is 8.42 Å². The van der Waals surface area contributed by atoms with E-state index in [0.717, 1.165) is 10.0 Å². The van der Waals surface area contributed by atoms with Crippen LogP contribution in [-0.2, 0) is 10.0 Å². The zero-order valence-electron chi connectivity index (χ0n) is 10.5. The normalized spacial score (nSPS) is 11.3. The molecule has 7 heteroatoms. The Morgan fingerprint density at radius 3 is 2.40 bits per heavy atom. The van der Waals surface area contributed by atoms with Crippen molar-refractivity contribution < 1.29 is 8.42 Å². The van der Waals surface area contributed by atoms with Gasteiger partial charge in [-0.15, -0.1) is 0 Å². The minimum Gasteiger partial charge on any atom is -0.398 e. The molecule has 0 aliphatic carbocycles. The van der Waals surface area contributed by atoms with Gasteiger partial charge in [0.25, 0.3) is 10.0 Å². The van der Waals surface area contributed by atoms with Crippen molar-refractivity contribution in [1.82, 2.24) is 0 Å². The van der Waals surface area contributed by atoms with Crippen molar-refractivity contribution >= 4 is 53.3 Å². The Balaban J connectivity index is 2.41.